The number of aryl methyl sites for hydroxylation is 2. The first-order valence-electron chi connectivity index (χ1n) is 8.17. The van der Waals surface area contributed by atoms with E-state index in [9.17, 15) is 14.4 Å². The second-order valence-electron chi connectivity index (χ2n) is 5.50. The van der Waals surface area contributed by atoms with E-state index in [1.807, 2.05) is 32.0 Å². The van der Waals surface area contributed by atoms with Gasteiger partial charge in [-0.3, -0.25) is 24.4 Å². The zero-order valence-corrected chi connectivity index (χ0v) is 15.8. The molecule has 27 heavy (non-hydrogen) atoms. The predicted octanol–water partition coefficient (Wildman–Crippen LogP) is 3.15. The van der Waals surface area contributed by atoms with Crippen molar-refractivity contribution in [3.8, 4) is 11.5 Å². The molecule has 140 valence electrons. The summed E-state index contributed by atoms with van der Waals surface area (Å²) >= 11 is 0. The first-order chi connectivity index (χ1) is 12.8. The Kier molecular flexibility index (Phi) is 8.94. The first kappa shape index (κ1) is 21.6. The monoisotopic (exact) mass is 366 g/mol. The van der Waals surface area contributed by atoms with Gasteiger partial charge in [0.2, 0.25) is 0 Å². The number of imidazole rings is 1. The van der Waals surface area contributed by atoms with Gasteiger partial charge in [-0.2, -0.15) is 0 Å². The Hall–Kier alpha value is -3.48. The van der Waals surface area contributed by atoms with Crippen LogP contribution in [0.2, 0.25) is 0 Å². The van der Waals surface area contributed by atoms with Gasteiger partial charge in [-0.05, 0) is 38.1 Å². The number of aldehydes is 1. The number of Topliss-reactive ketones (excluding diaryl/α,β-unsaturated/α-hetero) is 2. The van der Waals surface area contributed by atoms with Crippen LogP contribution in [0.3, 0.4) is 0 Å². The van der Waals surface area contributed by atoms with Gasteiger partial charge >= 0.3 is 0 Å². The van der Waals surface area contributed by atoms with Crippen LogP contribution in [0.15, 0.2) is 48.8 Å². The minimum Gasteiger partial charge on any atom is -0.341 e. The fourth-order valence-corrected chi connectivity index (χ4v) is 1.62. The van der Waals surface area contributed by atoms with Crippen LogP contribution in [0.4, 0.5) is 0 Å². The maximum absolute atomic E-state index is 9.94. The molecule has 0 saturated heterocycles. The molecule has 0 radical (unpaired) electrons. The Morgan fingerprint density at radius 1 is 0.926 bits per heavy atom. The van der Waals surface area contributed by atoms with E-state index in [0.717, 1.165) is 29.2 Å². The van der Waals surface area contributed by atoms with E-state index in [1.165, 1.54) is 13.8 Å². The van der Waals surface area contributed by atoms with Crippen LogP contribution in [-0.2, 0) is 9.59 Å². The van der Waals surface area contributed by atoms with Gasteiger partial charge in [0.1, 0.15) is 11.4 Å². The summed E-state index contributed by atoms with van der Waals surface area (Å²) in [7, 11) is 0. The Balaban J connectivity index is 0.000000224. The highest BCUT2D eigenvalue weighted by Crippen LogP contribution is 2.13. The second-order valence-corrected chi connectivity index (χ2v) is 5.50. The molecule has 7 nitrogen and oxygen atoms in total. The number of nitrogens with zero attached hydrogens (tertiary/aromatic N) is 3. The summed E-state index contributed by atoms with van der Waals surface area (Å²) in [6, 6.07) is 11.0. The Morgan fingerprint density at radius 2 is 1.52 bits per heavy atom. The number of aromatic nitrogens is 4. The van der Waals surface area contributed by atoms with Crippen molar-refractivity contribution in [1.29, 1.82) is 0 Å². The maximum atomic E-state index is 9.94. The van der Waals surface area contributed by atoms with Gasteiger partial charge in [-0.25, -0.2) is 4.98 Å². The van der Waals surface area contributed by atoms with Crippen LogP contribution in [0.1, 0.15) is 35.7 Å². The van der Waals surface area contributed by atoms with Crippen LogP contribution in [0.25, 0.3) is 11.5 Å². The number of H-pyrrole nitrogens is 1. The minimum absolute atomic E-state index is 0.380. The largest absolute Gasteiger partial charge is 0.341 e. The van der Waals surface area contributed by atoms with E-state index in [-0.39, 0.29) is 11.6 Å². The summed E-state index contributed by atoms with van der Waals surface area (Å²) in [6.07, 6.45) is 4.08. The van der Waals surface area contributed by atoms with E-state index in [0.29, 0.717) is 5.69 Å². The summed E-state index contributed by atoms with van der Waals surface area (Å²) < 4.78 is 0. The van der Waals surface area contributed by atoms with Crippen molar-refractivity contribution in [2.45, 2.75) is 27.7 Å². The Bertz CT molecular complexity index is 843. The van der Waals surface area contributed by atoms with Crippen molar-refractivity contribution in [2.75, 3.05) is 0 Å². The van der Waals surface area contributed by atoms with Gasteiger partial charge in [0.25, 0.3) is 0 Å². The number of hydrogen-bond donors (Lipinski definition) is 1. The molecule has 0 aliphatic heterocycles. The number of nitrogens with one attached hydrogen (secondary N) is 1. The fourth-order valence-electron chi connectivity index (χ4n) is 1.62. The Labute approximate surface area is 157 Å². The smallest absolute Gasteiger partial charge is 0.195 e. The third kappa shape index (κ3) is 7.96. The topological polar surface area (TPSA) is 106 Å². The molecular formula is C20H22N4O3. The minimum atomic E-state index is -0.380. The van der Waals surface area contributed by atoms with Crippen LogP contribution >= 0.6 is 0 Å². The SMILES string of the molecule is CC(=O)C(C)=O.Cc1nc(-c2ccccn2)[nH]c1C.O=Cc1ccccn1. The molecule has 0 aliphatic carbocycles. The van der Waals surface area contributed by atoms with Gasteiger partial charge in [0.15, 0.2) is 23.7 Å². The van der Waals surface area contributed by atoms with Gasteiger partial charge in [-0.15, -0.1) is 0 Å². The standard InChI is InChI=1S/C10H11N3.C6H5NO.C4H6O2/c1-7-8(2)13-10(12-7)9-5-3-4-6-11-9;8-5-6-3-1-2-4-7-6;1-3(5)4(2)6/h3-6H,1-2H3,(H,12,13);1-5H;1-2H3. The van der Waals surface area contributed by atoms with Crippen LogP contribution < -0.4 is 0 Å². The van der Waals surface area contributed by atoms with E-state index in [2.05, 4.69) is 19.9 Å². The highest BCUT2D eigenvalue weighted by atomic mass is 16.2. The molecule has 0 saturated carbocycles. The molecule has 0 bridgehead atoms. The molecule has 0 aromatic carbocycles. The number of carbonyl (C=O) groups is 3. The molecule has 3 rings (SSSR count). The molecule has 3 aromatic heterocycles. The zero-order valence-electron chi connectivity index (χ0n) is 15.8. The molecule has 3 heterocycles. The summed E-state index contributed by atoms with van der Waals surface area (Å²) in [5, 5.41) is 0. The molecule has 0 fully saturated rings. The lowest BCUT2D eigenvalue weighted by Crippen LogP contribution is -2.01. The molecule has 0 atom stereocenters. The molecular weight excluding hydrogens is 344 g/mol. The number of rotatable bonds is 3. The molecule has 0 unspecified atom stereocenters. The molecule has 0 amide bonds. The van der Waals surface area contributed by atoms with E-state index >= 15 is 0 Å². The number of hydrogen-bond acceptors (Lipinski definition) is 6. The second kappa shape index (κ2) is 11.2. The normalized spacial score (nSPS) is 9.19. The van der Waals surface area contributed by atoms with Crippen molar-refractivity contribution in [3.63, 3.8) is 0 Å². The summed E-state index contributed by atoms with van der Waals surface area (Å²) in [4.78, 5) is 45.0. The number of ketones is 2. The summed E-state index contributed by atoms with van der Waals surface area (Å²) in [5.74, 6) is 0.0839. The third-order valence-corrected chi connectivity index (χ3v) is 3.34. The van der Waals surface area contributed by atoms with Crippen LogP contribution in [0.5, 0.6) is 0 Å². The lowest BCUT2D eigenvalue weighted by Gasteiger charge is -1.92. The van der Waals surface area contributed by atoms with E-state index in [1.54, 1.807) is 30.6 Å². The van der Waals surface area contributed by atoms with Gasteiger partial charge < -0.3 is 4.98 Å². The third-order valence-electron chi connectivity index (χ3n) is 3.34. The average molecular weight is 366 g/mol. The molecule has 7 heteroatoms. The van der Waals surface area contributed by atoms with Crippen molar-refractivity contribution in [2.24, 2.45) is 0 Å². The predicted molar refractivity (Wildman–Crippen MR) is 102 cm³/mol. The lowest BCUT2D eigenvalue weighted by atomic mass is 10.3. The Morgan fingerprint density at radius 3 is 1.85 bits per heavy atom. The summed E-state index contributed by atoms with van der Waals surface area (Å²) in [6.45, 7) is 6.50. The molecule has 3 aromatic rings. The molecule has 0 spiro atoms. The van der Waals surface area contributed by atoms with Gasteiger partial charge in [0.05, 0.1) is 5.69 Å². The number of carbonyl (C=O) groups excluding carboxylic acids is 3. The highest BCUT2D eigenvalue weighted by molar-refractivity contribution is 6.35. The quantitative estimate of drug-likeness (QED) is 0.564. The average Bonchev–Trinajstić information content (AvgIpc) is 3.03. The van der Waals surface area contributed by atoms with Crippen molar-refractivity contribution < 1.29 is 14.4 Å². The fraction of sp³-hybridized carbons (Fsp3) is 0.200. The van der Waals surface area contributed by atoms with Crippen molar-refractivity contribution in [1.82, 2.24) is 19.9 Å². The van der Waals surface area contributed by atoms with Crippen molar-refractivity contribution in [3.05, 3.63) is 65.9 Å². The lowest BCUT2D eigenvalue weighted by molar-refractivity contribution is -0.134. The van der Waals surface area contributed by atoms with Crippen LogP contribution in [0, 0.1) is 13.8 Å². The summed E-state index contributed by atoms with van der Waals surface area (Å²) in [5.41, 5.74) is 3.49. The van der Waals surface area contributed by atoms with E-state index < -0.39 is 0 Å². The molecule has 1 N–H and O–H groups in total. The van der Waals surface area contributed by atoms with Crippen LogP contribution in [-0.4, -0.2) is 37.8 Å². The first-order valence-corrected chi connectivity index (χ1v) is 8.17. The highest BCUT2D eigenvalue weighted by Gasteiger charge is 2.04. The zero-order chi connectivity index (χ0) is 20.2. The van der Waals surface area contributed by atoms with E-state index in [4.69, 9.17) is 0 Å². The molecule has 0 aliphatic rings. The number of pyridine rings is 2. The maximum Gasteiger partial charge on any atom is 0.195 e. The van der Waals surface area contributed by atoms with Gasteiger partial charge in [-0.1, -0.05) is 12.1 Å². The van der Waals surface area contributed by atoms with Gasteiger partial charge in [0, 0.05) is 31.9 Å². The van der Waals surface area contributed by atoms with Crippen molar-refractivity contribution >= 4 is 17.9 Å². The number of aromatic amines is 1.